The minimum atomic E-state index is 0.287. The first-order valence-electron chi connectivity index (χ1n) is 5.62. The number of hydrogen-bond acceptors (Lipinski definition) is 3. The number of methoxy groups -OCH3 is 1. The van der Waals surface area contributed by atoms with Crippen molar-refractivity contribution in [1.29, 1.82) is 0 Å². The Balaban J connectivity index is 2.26. The van der Waals surface area contributed by atoms with Crippen molar-refractivity contribution in [1.82, 2.24) is 0 Å². The van der Waals surface area contributed by atoms with Crippen LogP contribution in [-0.2, 0) is 0 Å². The highest BCUT2D eigenvalue weighted by atomic mass is 32.2. The number of aliphatic imine (C=N–C) groups is 1. The molecule has 1 aromatic carbocycles. The van der Waals surface area contributed by atoms with Crippen molar-refractivity contribution in [2.45, 2.75) is 24.5 Å². The maximum absolute atomic E-state index is 5.25. The SMILES string of the molecule is BCC1=NC(c2cccc(OC)c2)C(C)S1. The molecule has 0 saturated heterocycles. The summed E-state index contributed by atoms with van der Waals surface area (Å²) in [5, 5.41) is 1.79. The summed E-state index contributed by atoms with van der Waals surface area (Å²) < 4.78 is 5.25. The molecule has 1 aliphatic rings. The van der Waals surface area contributed by atoms with Crippen molar-refractivity contribution in [2.24, 2.45) is 4.99 Å². The van der Waals surface area contributed by atoms with Crippen LogP contribution in [0.5, 0.6) is 5.75 Å². The molecule has 0 amide bonds. The molecule has 2 unspecified atom stereocenters. The molecule has 1 aromatic rings. The Kier molecular flexibility index (Phi) is 3.59. The molecular formula is C12H16BNOS. The maximum Gasteiger partial charge on any atom is 0.119 e. The lowest BCUT2D eigenvalue weighted by Crippen LogP contribution is -2.04. The zero-order valence-corrected chi connectivity index (χ0v) is 10.8. The predicted molar refractivity (Wildman–Crippen MR) is 73.6 cm³/mol. The number of thioether (sulfide) groups is 1. The van der Waals surface area contributed by atoms with E-state index in [2.05, 4.69) is 26.9 Å². The Morgan fingerprint density at radius 2 is 2.31 bits per heavy atom. The second-order valence-electron chi connectivity index (χ2n) is 3.92. The van der Waals surface area contributed by atoms with Gasteiger partial charge in [-0.3, -0.25) is 4.99 Å². The normalized spacial score (nSPS) is 24.2. The van der Waals surface area contributed by atoms with Gasteiger partial charge in [0.1, 0.15) is 13.6 Å². The molecule has 1 aliphatic heterocycles. The summed E-state index contributed by atoms with van der Waals surface area (Å²) in [5.74, 6) is 0.912. The number of nitrogens with zero attached hydrogens (tertiary/aromatic N) is 1. The standard InChI is InChI=1S/C12H16BNOS/c1-8-12(14-11(7-13)16-8)9-4-3-5-10(6-9)15-2/h3-6,8,12H,7,13H2,1-2H3. The van der Waals surface area contributed by atoms with Gasteiger partial charge >= 0.3 is 0 Å². The Labute approximate surface area is 102 Å². The van der Waals surface area contributed by atoms with Gasteiger partial charge in [-0.25, -0.2) is 0 Å². The molecule has 0 saturated carbocycles. The van der Waals surface area contributed by atoms with Gasteiger partial charge in [0.25, 0.3) is 0 Å². The Morgan fingerprint density at radius 3 is 2.94 bits per heavy atom. The fraction of sp³-hybridized carbons (Fsp3) is 0.417. The molecule has 2 atom stereocenters. The van der Waals surface area contributed by atoms with Crippen molar-refractivity contribution in [2.75, 3.05) is 7.11 Å². The molecule has 4 heteroatoms. The van der Waals surface area contributed by atoms with E-state index < -0.39 is 0 Å². The first-order chi connectivity index (χ1) is 7.74. The molecule has 0 radical (unpaired) electrons. The van der Waals surface area contributed by atoms with E-state index in [9.17, 15) is 0 Å². The highest BCUT2D eigenvalue weighted by Gasteiger charge is 2.26. The van der Waals surface area contributed by atoms with Gasteiger partial charge in [0.2, 0.25) is 0 Å². The van der Waals surface area contributed by atoms with Crippen LogP contribution in [0.1, 0.15) is 18.5 Å². The smallest absolute Gasteiger partial charge is 0.119 e. The van der Waals surface area contributed by atoms with E-state index in [1.165, 1.54) is 10.6 Å². The van der Waals surface area contributed by atoms with Gasteiger partial charge in [0.15, 0.2) is 0 Å². The van der Waals surface area contributed by atoms with Crippen molar-refractivity contribution >= 4 is 24.7 Å². The summed E-state index contributed by atoms with van der Waals surface area (Å²) in [6.45, 7) is 2.24. The summed E-state index contributed by atoms with van der Waals surface area (Å²) in [6.07, 6.45) is 1.04. The van der Waals surface area contributed by atoms with Crippen LogP contribution in [-0.4, -0.2) is 25.2 Å². The summed E-state index contributed by atoms with van der Waals surface area (Å²) in [5.41, 5.74) is 1.25. The molecule has 84 valence electrons. The molecule has 0 N–H and O–H groups in total. The van der Waals surface area contributed by atoms with E-state index in [0.29, 0.717) is 5.25 Å². The van der Waals surface area contributed by atoms with Gasteiger partial charge in [-0.15, -0.1) is 11.8 Å². The zero-order valence-electron chi connectivity index (χ0n) is 9.93. The van der Waals surface area contributed by atoms with Crippen LogP contribution in [0.4, 0.5) is 0 Å². The van der Waals surface area contributed by atoms with E-state index in [-0.39, 0.29) is 6.04 Å². The van der Waals surface area contributed by atoms with Gasteiger partial charge in [-0.05, 0) is 24.0 Å². The zero-order chi connectivity index (χ0) is 11.5. The molecule has 2 nitrogen and oxygen atoms in total. The molecule has 2 rings (SSSR count). The lowest BCUT2D eigenvalue weighted by atomic mass is 10.0. The average molecular weight is 233 g/mol. The largest absolute Gasteiger partial charge is 0.497 e. The number of ether oxygens (including phenoxy) is 1. The van der Waals surface area contributed by atoms with E-state index >= 15 is 0 Å². The minimum absolute atomic E-state index is 0.287. The molecule has 0 aromatic heterocycles. The van der Waals surface area contributed by atoms with Gasteiger partial charge in [0.05, 0.1) is 18.2 Å². The number of rotatable bonds is 3. The van der Waals surface area contributed by atoms with Gasteiger partial charge < -0.3 is 4.74 Å². The third-order valence-corrected chi connectivity index (χ3v) is 4.08. The highest BCUT2D eigenvalue weighted by molar-refractivity contribution is 8.14. The third-order valence-electron chi connectivity index (χ3n) is 2.79. The lowest BCUT2D eigenvalue weighted by molar-refractivity contribution is 0.414. The Morgan fingerprint density at radius 1 is 1.50 bits per heavy atom. The Hall–Kier alpha value is -0.895. The maximum atomic E-state index is 5.25. The summed E-state index contributed by atoms with van der Waals surface area (Å²) in [4.78, 5) is 4.76. The van der Waals surface area contributed by atoms with Crippen LogP contribution in [0.25, 0.3) is 0 Å². The first kappa shape index (κ1) is 11.6. The molecule has 0 fully saturated rings. The van der Waals surface area contributed by atoms with Gasteiger partial charge in [-0.2, -0.15) is 0 Å². The molecule has 0 aliphatic carbocycles. The van der Waals surface area contributed by atoms with Crippen LogP contribution in [0.3, 0.4) is 0 Å². The minimum Gasteiger partial charge on any atom is -0.497 e. The van der Waals surface area contributed by atoms with Crippen molar-refractivity contribution in [3.05, 3.63) is 29.8 Å². The molecule has 16 heavy (non-hydrogen) atoms. The van der Waals surface area contributed by atoms with Crippen molar-refractivity contribution in [3.63, 3.8) is 0 Å². The van der Waals surface area contributed by atoms with Crippen molar-refractivity contribution in [3.8, 4) is 5.75 Å². The summed E-state index contributed by atoms with van der Waals surface area (Å²) >= 11 is 1.89. The van der Waals surface area contributed by atoms with Gasteiger partial charge in [0, 0.05) is 5.25 Å². The number of benzene rings is 1. The van der Waals surface area contributed by atoms with E-state index in [1.807, 2.05) is 23.9 Å². The summed E-state index contributed by atoms with van der Waals surface area (Å²) in [6, 6.07) is 8.51. The van der Waals surface area contributed by atoms with Gasteiger partial charge in [-0.1, -0.05) is 19.1 Å². The predicted octanol–water partition coefficient (Wildman–Crippen LogP) is 2.32. The third kappa shape index (κ3) is 2.27. The molecule has 0 spiro atoms. The molecular weight excluding hydrogens is 217 g/mol. The monoisotopic (exact) mass is 233 g/mol. The van der Waals surface area contributed by atoms with Crippen LogP contribution in [0.15, 0.2) is 29.3 Å². The lowest BCUT2D eigenvalue weighted by Gasteiger charge is -2.13. The first-order valence-corrected chi connectivity index (χ1v) is 6.50. The fourth-order valence-corrected chi connectivity index (χ4v) is 3.03. The van der Waals surface area contributed by atoms with Crippen LogP contribution < -0.4 is 4.74 Å². The molecule has 0 bridgehead atoms. The average Bonchev–Trinajstić information content (AvgIpc) is 2.71. The highest BCUT2D eigenvalue weighted by Crippen LogP contribution is 2.38. The Bertz CT molecular complexity index is 408. The van der Waals surface area contributed by atoms with Crippen molar-refractivity contribution < 1.29 is 4.74 Å². The van der Waals surface area contributed by atoms with E-state index in [0.717, 1.165) is 12.1 Å². The topological polar surface area (TPSA) is 21.6 Å². The second-order valence-corrected chi connectivity index (χ2v) is 5.37. The second kappa shape index (κ2) is 4.96. The fourth-order valence-electron chi connectivity index (χ4n) is 1.92. The van der Waals surface area contributed by atoms with Crippen LogP contribution >= 0.6 is 11.8 Å². The van der Waals surface area contributed by atoms with E-state index in [1.54, 1.807) is 7.11 Å². The molecule has 1 heterocycles. The quantitative estimate of drug-likeness (QED) is 0.747. The van der Waals surface area contributed by atoms with E-state index in [4.69, 9.17) is 9.73 Å². The number of hydrogen-bond donors (Lipinski definition) is 0. The van der Waals surface area contributed by atoms with Crippen LogP contribution in [0, 0.1) is 0 Å². The summed E-state index contributed by atoms with van der Waals surface area (Å²) in [7, 11) is 3.86. The van der Waals surface area contributed by atoms with Crippen LogP contribution in [0.2, 0.25) is 6.32 Å².